The minimum atomic E-state index is -1.36. The van der Waals surface area contributed by atoms with Gasteiger partial charge < -0.3 is 29.9 Å². The molecule has 4 rings (SSSR count). The minimum absolute atomic E-state index is 0.0266. The van der Waals surface area contributed by atoms with E-state index in [2.05, 4.69) is 18.7 Å². The fourth-order valence-corrected chi connectivity index (χ4v) is 5.33. The van der Waals surface area contributed by atoms with Crippen molar-refractivity contribution in [2.45, 2.75) is 45.2 Å². The average molecular weight is 447 g/mol. The van der Waals surface area contributed by atoms with Gasteiger partial charge in [0, 0.05) is 31.4 Å². The van der Waals surface area contributed by atoms with Crippen LogP contribution in [-0.2, 0) is 0 Å². The number of methoxy groups -OCH3 is 1. The number of fused-ring (bicyclic) bond motifs is 1. The van der Waals surface area contributed by atoms with Crippen molar-refractivity contribution in [1.29, 1.82) is 0 Å². The molecule has 0 radical (unpaired) electrons. The predicted molar refractivity (Wildman–Crippen MR) is 122 cm³/mol. The molecule has 1 saturated carbocycles. The van der Waals surface area contributed by atoms with Crippen LogP contribution in [0.3, 0.4) is 0 Å². The Bertz CT molecular complexity index is 1150. The zero-order valence-electron chi connectivity index (χ0n) is 19.2. The number of nitrogens with zero attached hydrogens (tertiary/aromatic N) is 3. The molecule has 32 heavy (non-hydrogen) atoms. The third-order valence-electron chi connectivity index (χ3n) is 6.87. The summed E-state index contributed by atoms with van der Waals surface area (Å²) >= 11 is 0. The quantitative estimate of drug-likeness (QED) is 0.681. The van der Waals surface area contributed by atoms with Gasteiger partial charge in [-0.25, -0.2) is 9.18 Å². The Morgan fingerprint density at radius 2 is 1.97 bits per heavy atom. The highest BCUT2D eigenvalue weighted by molar-refractivity contribution is 6.03. The Balaban J connectivity index is 1.99. The molecule has 0 spiro atoms. The number of nitrogens with two attached hydrogens (primary N) is 1. The Hall–Kier alpha value is -2.81. The van der Waals surface area contributed by atoms with Gasteiger partial charge in [-0.15, -0.1) is 0 Å². The van der Waals surface area contributed by atoms with Crippen molar-refractivity contribution in [3.63, 3.8) is 0 Å². The smallest absolute Gasteiger partial charge is 0.341 e. The fraction of sp³-hybridized carbons (Fsp3) is 0.565. The number of hydrogen-bond donors (Lipinski definition) is 2. The second kappa shape index (κ2) is 7.65. The van der Waals surface area contributed by atoms with Gasteiger partial charge in [0.25, 0.3) is 0 Å². The number of nitrogen functional groups attached to an aromatic ring is 1. The SMILES string of the molecule is COc1c(N2CCC(N(C)C)C(C)(C)C2)c(F)c(N)c2c(=O)c(C(=O)O)cn(C3CC3)c12. The first-order valence-electron chi connectivity index (χ1n) is 10.9. The van der Waals surface area contributed by atoms with Gasteiger partial charge in [-0.05, 0) is 38.8 Å². The van der Waals surface area contributed by atoms with Gasteiger partial charge in [0.1, 0.15) is 11.3 Å². The lowest BCUT2D eigenvalue weighted by Gasteiger charge is -2.48. The minimum Gasteiger partial charge on any atom is -0.492 e. The molecule has 2 aliphatic rings. The third kappa shape index (κ3) is 3.39. The van der Waals surface area contributed by atoms with E-state index in [9.17, 15) is 14.7 Å². The topological polar surface area (TPSA) is 101 Å². The summed E-state index contributed by atoms with van der Waals surface area (Å²) in [6.07, 6.45) is 3.85. The van der Waals surface area contributed by atoms with Gasteiger partial charge in [0.05, 0.1) is 23.7 Å². The number of ether oxygens (including phenoxy) is 1. The molecule has 3 N–H and O–H groups in total. The van der Waals surface area contributed by atoms with Gasteiger partial charge in [-0.3, -0.25) is 4.79 Å². The highest BCUT2D eigenvalue weighted by atomic mass is 19.1. The highest BCUT2D eigenvalue weighted by Crippen LogP contribution is 2.47. The maximum absolute atomic E-state index is 15.8. The highest BCUT2D eigenvalue weighted by Gasteiger charge is 2.40. The first kappa shape index (κ1) is 22.4. The number of piperidine rings is 1. The van der Waals surface area contributed by atoms with E-state index >= 15 is 4.39 Å². The van der Waals surface area contributed by atoms with Crippen molar-refractivity contribution < 1.29 is 19.0 Å². The number of pyridine rings is 1. The molecular weight excluding hydrogens is 415 g/mol. The Kier molecular flexibility index (Phi) is 5.35. The lowest BCUT2D eigenvalue weighted by molar-refractivity contribution is 0.0694. The van der Waals surface area contributed by atoms with E-state index in [4.69, 9.17) is 10.5 Å². The van der Waals surface area contributed by atoms with E-state index in [-0.39, 0.29) is 34.0 Å². The van der Waals surface area contributed by atoms with Crippen molar-refractivity contribution in [3.05, 3.63) is 27.8 Å². The number of hydrogen-bond acceptors (Lipinski definition) is 6. The fourth-order valence-electron chi connectivity index (χ4n) is 5.33. The monoisotopic (exact) mass is 446 g/mol. The molecule has 1 aromatic carbocycles. The number of anilines is 2. The van der Waals surface area contributed by atoms with Crippen LogP contribution in [0.25, 0.3) is 10.9 Å². The van der Waals surface area contributed by atoms with Crippen molar-refractivity contribution in [1.82, 2.24) is 9.47 Å². The van der Waals surface area contributed by atoms with Crippen LogP contribution in [0.15, 0.2) is 11.0 Å². The van der Waals surface area contributed by atoms with Gasteiger partial charge in [-0.2, -0.15) is 0 Å². The van der Waals surface area contributed by atoms with Crippen LogP contribution in [0.1, 0.15) is 49.5 Å². The number of rotatable bonds is 5. The summed E-state index contributed by atoms with van der Waals surface area (Å²) in [5, 5.41) is 9.41. The molecule has 1 aromatic heterocycles. The second-order valence-corrected chi connectivity index (χ2v) is 9.83. The average Bonchev–Trinajstić information content (AvgIpc) is 3.54. The van der Waals surface area contributed by atoms with E-state index < -0.39 is 22.8 Å². The molecule has 0 bridgehead atoms. The maximum Gasteiger partial charge on any atom is 0.341 e. The third-order valence-corrected chi connectivity index (χ3v) is 6.87. The first-order chi connectivity index (χ1) is 15.0. The Morgan fingerprint density at radius 1 is 1.31 bits per heavy atom. The van der Waals surface area contributed by atoms with E-state index in [1.54, 1.807) is 4.57 Å². The van der Waals surface area contributed by atoms with Crippen LogP contribution in [0.2, 0.25) is 0 Å². The molecule has 1 aliphatic heterocycles. The molecule has 2 heterocycles. The molecule has 174 valence electrons. The van der Waals surface area contributed by atoms with Crippen molar-refractivity contribution in [3.8, 4) is 5.75 Å². The van der Waals surface area contributed by atoms with Crippen LogP contribution in [0.5, 0.6) is 5.75 Å². The molecule has 1 saturated heterocycles. The van der Waals surface area contributed by atoms with Gasteiger partial charge in [0.15, 0.2) is 11.6 Å². The summed E-state index contributed by atoms with van der Waals surface area (Å²) in [4.78, 5) is 28.8. The molecule has 1 unspecified atom stereocenters. The normalized spacial score (nSPS) is 20.7. The number of benzene rings is 1. The first-order valence-corrected chi connectivity index (χ1v) is 10.9. The number of halogens is 1. The van der Waals surface area contributed by atoms with E-state index in [1.807, 2.05) is 19.0 Å². The van der Waals surface area contributed by atoms with Crippen molar-refractivity contribution in [2.24, 2.45) is 5.41 Å². The molecular formula is C23H31FN4O4. The number of carboxylic acid groups (broad SMARTS) is 1. The lowest BCUT2D eigenvalue weighted by atomic mass is 9.78. The molecule has 1 atom stereocenters. The van der Waals surface area contributed by atoms with E-state index in [1.165, 1.54) is 13.3 Å². The summed E-state index contributed by atoms with van der Waals surface area (Å²) in [5.74, 6) is -1.87. The molecule has 1 aliphatic carbocycles. The van der Waals surface area contributed by atoms with Crippen LogP contribution in [-0.4, -0.2) is 60.9 Å². The van der Waals surface area contributed by atoms with Crippen LogP contribution in [0.4, 0.5) is 15.8 Å². The van der Waals surface area contributed by atoms with Crippen LogP contribution >= 0.6 is 0 Å². The Morgan fingerprint density at radius 3 is 2.47 bits per heavy atom. The summed E-state index contributed by atoms with van der Waals surface area (Å²) in [6, 6.07) is 0.354. The van der Waals surface area contributed by atoms with E-state index in [0.717, 1.165) is 19.3 Å². The standard InChI is InChI=1S/C23H31FN4O4/c1-23(2)11-27(9-8-14(23)26(3)4)19-16(24)17(25)15-18(21(19)32-5)28(12-6-7-12)10-13(20(15)29)22(30)31/h10,12,14H,6-9,11,25H2,1-5H3,(H,30,31). The summed E-state index contributed by atoms with van der Waals surface area (Å²) in [7, 11) is 5.54. The van der Waals surface area contributed by atoms with Gasteiger partial charge in [-0.1, -0.05) is 13.8 Å². The van der Waals surface area contributed by atoms with Gasteiger partial charge in [0.2, 0.25) is 5.43 Å². The molecule has 8 nitrogen and oxygen atoms in total. The number of aromatic carboxylic acids is 1. The molecule has 0 amide bonds. The largest absolute Gasteiger partial charge is 0.492 e. The Labute approximate surface area is 186 Å². The zero-order chi connectivity index (χ0) is 23.5. The van der Waals surface area contributed by atoms with Crippen LogP contribution < -0.4 is 20.8 Å². The van der Waals surface area contributed by atoms with Crippen LogP contribution in [0, 0.1) is 11.2 Å². The van der Waals surface area contributed by atoms with Crippen molar-refractivity contribution >= 4 is 28.2 Å². The van der Waals surface area contributed by atoms with E-state index in [0.29, 0.717) is 24.6 Å². The predicted octanol–water partition coefficient (Wildman–Crippen LogP) is 2.93. The number of carboxylic acids is 1. The number of aromatic nitrogens is 1. The van der Waals surface area contributed by atoms with Crippen molar-refractivity contribution in [2.75, 3.05) is 44.9 Å². The zero-order valence-corrected chi connectivity index (χ0v) is 19.2. The maximum atomic E-state index is 15.8. The van der Waals surface area contributed by atoms with Gasteiger partial charge >= 0.3 is 5.97 Å². The summed E-state index contributed by atoms with van der Waals surface area (Å²) in [5.41, 5.74) is 5.11. The molecule has 2 fully saturated rings. The molecule has 2 aromatic rings. The number of carbonyl (C=O) groups is 1. The second-order valence-electron chi connectivity index (χ2n) is 9.83. The molecule has 9 heteroatoms. The lowest BCUT2D eigenvalue weighted by Crippen LogP contribution is -2.54. The summed E-state index contributed by atoms with van der Waals surface area (Å²) in [6.45, 7) is 5.48. The summed E-state index contributed by atoms with van der Waals surface area (Å²) < 4.78 is 23.2.